The Hall–Kier alpha value is -1.33. The minimum absolute atomic E-state index is 0.243. The zero-order valence-electron chi connectivity index (χ0n) is 5.10. The number of hydrogen-bond acceptors (Lipinski definition) is 4. The molecule has 0 fully saturated rings. The molecular weight excluding hydrogens is 142 g/mol. The van der Waals surface area contributed by atoms with Crippen LogP contribution < -0.4 is 5.32 Å². The second-order valence-electron chi connectivity index (χ2n) is 1.49. The van der Waals surface area contributed by atoms with Crippen molar-refractivity contribution in [1.29, 1.82) is 0 Å². The van der Waals surface area contributed by atoms with Gasteiger partial charge in [0.1, 0.15) is 0 Å². The zero-order chi connectivity index (χ0) is 7.56. The molecule has 0 spiro atoms. The van der Waals surface area contributed by atoms with E-state index in [1.54, 1.807) is 0 Å². The Kier molecular flexibility index (Phi) is 1.70. The molecule has 0 saturated carbocycles. The fourth-order valence-corrected chi connectivity index (χ4v) is 0.452. The van der Waals surface area contributed by atoms with Crippen molar-refractivity contribution in [2.45, 2.75) is 0 Å². The summed E-state index contributed by atoms with van der Waals surface area (Å²) < 4.78 is 24.5. The third-order valence-corrected chi connectivity index (χ3v) is 0.903. The van der Waals surface area contributed by atoms with E-state index in [9.17, 15) is 8.78 Å². The van der Waals surface area contributed by atoms with Crippen LogP contribution in [-0.2, 0) is 0 Å². The van der Waals surface area contributed by atoms with E-state index in [-0.39, 0.29) is 5.82 Å². The molecule has 0 unspecified atom stereocenters. The summed E-state index contributed by atoms with van der Waals surface area (Å²) in [6.45, 7) is 0. The van der Waals surface area contributed by atoms with Gasteiger partial charge in [0.05, 0.1) is 0 Å². The van der Waals surface area contributed by atoms with Crippen molar-refractivity contribution in [2.75, 3.05) is 12.4 Å². The highest BCUT2D eigenvalue weighted by Crippen LogP contribution is 2.07. The van der Waals surface area contributed by atoms with Gasteiger partial charge in [-0.15, -0.1) is 5.10 Å². The molecule has 0 atom stereocenters. The molecule has 6 heteroatoms. The highest BCUT2D eigenvalue weighted by molar-refractivity contribution is 5.31. The first kappa shape index (κ1) is 6.79. The first-order valence-electron chi connectivity index (χ1n) is 2.48. The van der Waals surface area contributed by atoms with Crippen LogP contribution in [0.25, 0.3) is 0 Å². The zero-order valence-corrected chi connectivity index (χ0v) is 5.10. The molecule has 1 aromatic rings. The molecule has 0 saturated heterocycles. The molecule has 1 N–H and O–H groups in total. The number of nitrogens with one attached hydrogen (secondary N) is 1. The van der Waals surface area contributed by atoms with Crippen LogP contribution in [0.15, 0.2) is 0 Å². The minimum Gasteiger partial charge on any atom is -0.369 e. The van der Waals surface area contributed by atoms with E-state index in [4.69, 9.17) is 0 Å². The molecule has 0 aromatic carbocycles. The lowest BCUT2D eigenvalue weighted by atomic mass is 10.5. The lowest BCUT2D eigenvalue weighted by Crippen LogP contribution is -2.03. The van der Waals surface area contributed by atoms with Gasteiger partial charge in [-0.25, -0.2) is 0 Å². The first-order valence-corrected chi connectivity index (χ1v) is 2.48. The quantitative estimate of drug-likeness (QED) is 0.614. The molecule has 54 valence electrons. The van der Waals surface area contributed by atoms with Gasteiger partial charge in [0.2, 0.25) is 5.82 Å². The lowest BCUT2D eigenvalue weighted by molar-refractivity contribution is 0.455. The summed E-state index contributed by atoms with van der Waals surface area (Å²) in [4.78, 5) is 0. The highest BCUT2D eigenvalue weighted by Gasteiger charge is 2.08. The topological polar surface area (TPSA) is 50.7 Å². The average molecular weight is 146 g/mol. The van der Waals surface area contributed by atoms with Crippen molar-refractivity contribution in [1.82, 2.24) is 15.4 Å². The number of halogens is 2. The largest absolute Gasteiger partial charge is 0.369 e. The van der Waals surface area contributed by atoms with Crippen LogP contribution in [0.1, 0.15) is 0 Å². The van der Waals surface area contributed by atoms with Gasteiger partial charge in [-0.2, -0.15) is 8.78 Å². The lowest BCUT2D eigenvalue weighted by Gasteiger charge is -1.96. The van der Waals surface area contributed by atoms with E-state index < -0.39 is 11.8 Å². The van der Waals surface area contributed by atoms with Crippen LogP contribution in [-0.4, -0.2) is 22.5 Å². The Morgan fingerprint density at radius 1 is 1.30 bits per heavy atom. The van der Waals surface area contributed by atoms with Crippen LogP contribution in [0.3, 0.4) is 0 Å². The third-order valence-electron chi connectivity index (χ3n) is 0.903. The second-order valence-corrected chi connectivity index (χ2v) is 1.49. The van der Waals surface area contributed by atoms with Gasteiger partial charge in [0.15, 0.2) is 5.82 Å². The van der Waals surface area contributed by atoms with E-state index in [1.807, 2.05) is 0 Å². The summed E-state index contributed by atoms with van der Waals surface area (Å²) in [6, 6.07) is 0. The Morgan fingerprint density at radius 2 is 2.00 bits per heavy atom. The SMILES string of the molecule is CNc1nnnc(F)c1F. The third kappa shape index (κ3) is 0.996. The van der Waals surface area contributed by atoms with Crippen molar-refractivity contribution >= 4 is 5.82 Å². The highest BCUT2D eigenvalue weighted by atomic mass is 19.2. The van der Waals surface area contributed by atoms with Crippen molar-refractivity contribution < 1.29 is 8.78 Å². The van der Waals surface area contributed by atoms with Crippen molar-refractivity contribution in [3.63, 3.8) is 0 Å². The van der Waals surface area contributed by atoms with E-state index in [0.29, 0.717) is 0 Å². The first-order chi connectivity index (χ1) is 4.75. The normalized spacial score (nSPS) is 9.50. The van der Waals surface area contributed by atoms with E-state index in [1.165, 1.54) is 7.05 Å². The van der Waals surface area contributed by atoms with E-state index in [2.05, 4.69) is 20.7 Å². The van der Waals surface area contributed by atoms with Gasteiger partial charge < -0.3 is 5.32 Å². The molecule has 0 radical (unpaired) electrons. The Bertz CT molecular complexity index is 239. The number of hydrogen-bond donors (Lipinski definition) is 1. The van der Waals surface area contributed by atoms with Gasteiger partial charge in [-0.1, -0.05) is 5.10 Å². The molecule has 4 nitrogen and oxygen atoms in total. The Morgan fingerprint density at radius 3 is 2.50 bits per heavy atom. The molecule has 0 aliphatic rings. The van der Waals surface area contributed by atoms with Crippen LogP contribution in [0.4, 0.5) is 14.6 Å². The monoisotopic (exact) mass is 146 g/mol. The molecule has 10 heavy (non-hydrogen) atoms. The average Bonchev–Trinajstić information content (AvgIpc) is 1.95. The predicted octanol–water partition coefficient (Wildman–Crippen LogP) is 0.191. The number of rotatable bonds is 1. The molecule has 0 amide bonds. The maximum absolute atomic E-state index is 12.4. The van der Waals surface area contributed by atoms with Gasteiger partial charge in [0, 0.05) is 7.05 Å². The van der Waals surface area contributed by atoms with Crippen molar-refractivity contribution in [3.8, 4) is 0 Å². The van der Waals surface area contributed by atoms with Gasteiger partial charge in [0.25, 0.3) is 5.95 Å². The summed E-state index contributed by atoms with van der Waals surface area (Å²) in [5.41, 5.74) is 0. The number of anilines is 1. The maximum atomic E-state index is 12.4. The molecule has 0 bridgehead atoms. The van der Waals surface area contributed by atoms with Crippen LogP contribution in [0.2, 0.25) is 0 Å². The standard InChI is InChI=1S/C4H4F2N4/c1-7-4-2(5)3(6)8-10-9-4/h1H3,(H,7,8,9). The number of aromatic nitrogens is 3. The maximum Gasteiger partial charge on any atom is 0.274 e. The summed E-state index contributed by atoms with van der Waals surface area (Å²) in [6.07, 6.45) is 0. The van der Waals surface area contributed by atoms with E-state index >= 15 is 0 Å². The van der Waals surface area contributed by atoms with Crippen LogP contribution >= 0.6 is 0 Å². The summed E-state index contributed by atoms with van der Waals surface area (Å²) in [7, 11) is 1.41. The predicted molar refractivity (Wildman–Crippen MR) is 29.3 cm³/mol. The van der Waals surface area contributed by atoms with Crippen LogP contribution in [0.5, 0.6) is 0 Å². The van der Waals surface area contributed by atoms with Gasteiger partial charge in [-0.3, -0.25) is 0 Å². The van der Waals surface area contributed by atoms with Crippen LogP contribution in [0, 0.1) is 11.8 Å². The molecule has 0 aliphatic carbocycles. The van der Waals surface area contributed by atoms with E-state index in [0.717, 1.165) is 0 Å². The number of nitrogens with zero attached hydrogens (tertiary/aromatic N) is 3. The molecule has 1 aromatic heterocycles. The Labute approximate surface area is 55.3 Å². The fourth-order valence-electron chi connectivity index (χ4n) is 0.452. The van der Waals surface area contributed by atoms with Gasteiger partial charge in [-0.05, 0) is 5.21 Å². The summed E-state index contributed by atoms with van der Waals surface area (Å²) in [5.74, 6) is -2.61. The second kappa shape index (κ2) is 2.51. The summed E-state index contributed by atoms with van der Waals surface area (Å²) >= 11 is 0. The van der Waals surface area contributed by atoms with Gasteiger partial charge >= 0.3 is 0 Å². The van der Waals surface area contributed by atoms with Crippen molar-refractivity contribution in [3.05, 3.63) is 11.8 Å². The minimum atomic E-state index is -1.25. The molecular formula is C4H4F2N4. The summed E-state index contributed by atoms with van der Waals surface area (Å²) in [5, 5.41) is 11.2. The van der Waals surface area contributed by atoms with Crippen molar-refractivity contribution in [2.24, 2.45) is 0 Å². The molecule has 1 heterocycles. The smallest absolute Gasteiger partial charge is 0.274 e. The Balaban J connectivity index is 3.14. The fraction of sp³-hybridized carbons (Fsp3) is 0.250. The molecule has 0 aliphatic heterocycles. The molecule has 1 rings (SSSR count).